The number of nitrogens with one attached hydrogen (secondary N) is 1. The largest absolute Gasteiger partial charge is 0.381 e. The monoisotopic (exact) mass is 564 g/mol. The number of rotatable bonds is 5. The van der Waals surface area contributed by atoms with Gasteiger partial charge in [0.25, 0.3) is 0 Å². The zero-order valence-electron chi connectivity index (χ0n) is 19.2. The molecule has 2 heterocycles. The Kier molecular flexibility index (Phi) is 9.44. The third kappa shape index (κ3) is 6.04. The third-order valence-corrected chi connectivity index (χ3v) is 8.65. The van der Waals surface area contributed by atoms with Crippen molar-refractivity contribution < 1.29 is 13.2 Å². The molecule has 1 aromatic rings. The molecule has 0 saturated carbocycles. The summed E-state index contributed by atoms with van der Waals surface area (Å²) in [6, 6.07) is 6.46. The second-order valence-corrected chi connectivity index (χ2v) is 10.8. The first-order chi connectivity index (χ1) is 14.3. The van der Waals surface area contributed by atoms with Gasteiger partial charge in [0.05, 0.1) is 11.3 Å². The van der Waals surface area contributed by atoms with Crippen molar-refractivity contribution >= 4 is 45.5 Å². The zero-order valence-corrected chi connectivity index (χ0v) is 22.3. The first kappa shape index (κ1) is 26.2. The lowest BCUT2D eigenvalue weighted by atomic mass is 9.99. The minimum absolute atomic E-state index is 0. The number of guanidine groups is 1. The number of benzene rings is 1. The lowest BCUT2D eigenvalue weighted by Crippen LogP contribution is -2.53. The van der Waals surface area contributed by atoms with Crippen LogP contribution in [0, 0.1) is 13.8 Å². The van der Waals surface area contributed by atoms with E-state index in [4.69, 9.17) is 9.73 Å². The Bertz CT molecular complexity index is 862. The van der Waals surface area contributed by atoms with Gasteiger partial charge in [0.15, 0.2) is 15.8 Å². The van der Waals surface area contributed by atoms with Gasteiger partial charge in [0, 0.05) is 57.9 Å². The molecule has 9 heteroatoms. The number of anilines is 1. The van der Waals surface area contributed by atoms with Crippen molar-refractivity contribution in [3.05, 3.63) is 29.3 Å². The third-order valence-electron chi connectivity index (χ3n) is 6.54. The normalized spacial score (nSPS) is 19.7. The molecule has 2 aliphatic heterocycles. The van der Waals surface area contributed by atoms with Gasteiger partial charge in [0.2, 0.25) is 0 Å². The first-order valence-electron chi connectivity index (χ1n) is 10.9. The molecule has 1 aromatic carbocycles. The van der Waals surface area contributed by atoms with Gasteiger partial charge in [0.1, 0.15) is 0 Å². The average Bonchev–Trinajstić information content (AvgIpc) is 2.73. The molecule has 0 aliphatic carbocycles. The number of halogens is 1. The summed E-state index contributed by atoms with van der Waals surface area (Å²) >= 11 is 0. The number of ether oxygens (including phenoxy) is 1. The highest BCUT2D eigenvalue weighted by Crippen LogP contribution is 2.30. The molecule has 7 nitrogen and oxygen atoms in total. The minimum Gasteiger partial charge on any atom is -0.381 e. The van der Waals surface area contributed by atoms with Crippen LogP contribution in [-0.4, -0.2) is 82.8 Å². The van der Waals surface area contributed by atoms with Crippen LogP contribution in [0.2, 0.25) is 0 Å². The molecule has 31 heavy (non-hydrogen) atoms. The molecule has 2 fully saturated rings. The Morgan fingerprint density at radius 1 is 1.16 bits per heavy atom. The van der Waals surface area contributed by atoms with Crippen LogP contribution in [0.1, 0.15) is 30.9 Å². The lowest BCUT2D eigenvalue weighted by Gasteiger charge is -2.39. The standard InChI is InChI=1S/C22H36N4O3S.HI/c1-5-23-21(24-17-22(30(4,27)28)9-15-29-16-10-22)26-13-11-25(12-14-26)20-8-6-7-18(2)19(20)3;/h6-8H,5,9-17H2,1-4H3,(H,23,24);1H. The van der Waals surface area contributed by atoms with Gasteiger partial charge >= 0.3 is 0 Å². The maximum Gasteiger partial charge on any atom is 0.194 e. The molecule has 0 atom stereocenters. The van der Waals surface area contributed by atoms with Gasteiger partial charge in [-0.05, 0) is 50.8 Å². The van der Waals surface area contributed by atoms with Crippen molar-refractivity contribution in [1.29, 1.82) is 0 Å². The van der Waals surface area contributed by atoms with Gasteiger partial charge in [-0.3, -0.25) is 4.99 Å². The van der Waals surface area contributed by atoms with Crippen molar-refractivity contribution in [3.8, 4) is 0 Å². The quantitative estimate of drug-likeness (QED) is 0.337. The molecule has 0 spiro atoms. The summed E-state index contributed by atoms with van der Waals surface area (Å²) in [6.07, 6.45) is 2.36. The van der Waals surface area contributed by atoms with E-state index in [-0.39, 0.29) is 30.5 Å². The topological polar surface area (TPSA) is 74.2 Å². The highest BCUT2D eigenvalue weighted by atomic mass is 127. The van der Waals surface area contributed by atoms with E-state index in [1.54, 1.807) is 0 Å². The molecule has 176 valence electrons. The van der Waals surface area contributed by atoms with E-state index in [1.807, 2.05) is 6.92 Å². The maximum atomic E-state index is 12.5. The SMILES string of the molecule is CCNC(=NCC1(S(C)(=O)=O)CCOCC1)N1CCN(c2cccc(C)c2C)CC1.I. The zero-order chi connectivity index (χ0) is 21.8. The molecule has 1 N–H and O–H groups in total. The lowest BCUT2D eigenvalue weighted by molar-refractivity contribution is 0.0767. The Morgan fingerprint density at radius 3 is 2.39 bits per heavy atom. The minimum atomic E-state index is -3.22. The van der Waals surface area contributed by atoms with Crippen molar-refractivity contribution in [1.82, 2.24) is 10.2 Å². The van der Waals surface area contributed by atoms with Crippen LogP contribution in [0.4, 0.5) is 5.69 Å². The smallest absolute Gasteiger partial charge is 0.194 e. The maximum absolute atomic E-state index is 12.5. The van der Waals surface area contributed by atoms with Crippen LogP contribution >= 0.6 is 24.0 Å². The van der Waals surface area contributed by atoms with Crippen molar-refractivity contribution in [2.24, 2.45) is 4.99 Å². The number of sulfone groups is 1. The molecule has 2 saturated heterocycles. The van der Waals surface area contributed by atoms with E-state index < -0.39 is 14.6 Å². The van der Waals surface area contributed by atoms with Crippen LogP contribution in [0.5, 0.6) is 0 Å². The van der Waals surface area contributed by atoms with Gasteiger partial charge < -0.3 is 19.9 Å². The van der Waals surface area contributed by atoms with E-state index in [1.165, 1.54) is 23.1 Å². The van der Waals surface area contributed by atoms with Crippen molar-refractivity contribution in [2.75, 3.05) is 63.6 Å². The molecule has 0 aromatic heterocycles. The summed E-state index contributed by atoms with van der Waals surface area (Å²) in [5.74, 6) is 0.813. The molecular weight excluding hydrogens is 527 g/mol. The Labute approximate surface area is 204 Å². The van der Waals surface area contributed by atoms with Gasteiger partial charge in [-0.2, -0.15) is 0 Å². The summed E-state index contributed by atoms with van der Waals surface area (Å²) in [5, 5.41) is 3.37. The Hall–Kier alpha value is -1.07. The van der Waals surface area contributed by atoms with Crippen molar-refractivity contribution in [2.45, 2.75) is 38.4 Å². The fourth-order valence-electron chi connectivity index (χ4n) is 4.27. The molecule has 0 unspecified atom stereocenters. The molecule has 0 amide bonds. The fourth-order valence-corrected chi connectivity index (χ4v) is 5.48. The van der Waals surface area contributed by atoms with Crippen LogP contribution in [0.15, 0.2) is 23.2 Å². The van der Waals surface area contributed by atoms with E-state index in [9.17, 15) is 8.42 Å². The van der Waals surface area contributed by atoms with Gasteiger partial charge in [-0.15, -0.1) is 24.0 Å². The fraction of sp³-hybridized carbons (Fsp3) is 0.682. The molecule has 3 rings (SSSR count). The summed E-state index contributed by atoms with van der Waals surface area (Å²) in [7, 11) is -3.22. The second-order valence-electron chi connectivity index (χ2n) is 8.43. The van der Waals surface area contributed by atoms with E-state index in [0.29, 0.717) is 26.1 Å². The summed E-state index contributed by atoms with van der Waals surface area (Å²) < 4.78 is 29.7. The number of piperazine rings is 1. The Balaban J connectivity index is 0.00000341. The predicted molar refractivity (Wildman–Crippen MR) is 139 cm³/mol. The second kappa shape index (κ2) is 11.2. The van der Waals surface area contributed by atoms with Gasteiger partial charge in [-0.1, -0.05) is 12.1 Å². The number of nitrogens with zero attached hydrogens (tertiary/aromatic N) is 3. The number of hydrogen-bond acceptors (Lipinski definition) is 5. The molecule has 2 aliphatic rings. The van der Waals surface area contributed by atoms with Crippen LogP contribution in [-0.2, 0) is 14.6 Å². The highest BCUT2D eigenvalue weighted by molar-refractivity contribution is 14.0. The molecular formula is C22H37IN4O3S. The Morgan fingerprint density at radius 2 is 1.81 bits per heavy atom. The van der Waals surface area contributed by atoms with E-state index >= 15 is 0 Å². The first-order valence-corrected chi connectivity index (χ1v) is 12.8. The highest BCUT2D eigenvalue weighted by Gasteiger charge is 2.42. The van der Waals surface area contributed by atoms with Crippen molar-refractivity contribution in [3.63, 3.8) is 0 Å². The number of aryl methyl sites for hydroxylation is 1. The van der Waals surface area contributed by atoms with E-state index in [0.717, 1.165) is 38.7 Å². The van der Waals surface area contributed by atoms with Crippen LogP contribution in [0.3, 0.4) is 0 Å². The van der Waals surface area contributed by atoms with Crippen LogP contribution in [0.25, 0.3) is 0 Å². The number of aliphatic imine (C=N–C) groups is 1. The van der Waals surface area contributed by atoms with E-state index in [2.05, 4.69) is 47.2 Å². The predicted octanol–water partition coefficient (Wildman–Crippen LogP) is 2.60. The average molecular weight is 565 g/mol. The molecule has 0 radical (unpaired) electrons. The summed E-state index contributed by atoms with van der Waals surface area (Å²) in [6.45, 7) is 11.9. The number of hydrogen-bond donors (Lipinski definition) is 1. The summed E-state index contributed by atoms with van der Waals surface area (Å²) in [5.41, 5.74) is 3.95. The van der Waals surface area contributed by atoms with Crippen LogP contribution < -0.4 is 10.2 Å². The molecule has 0 bridgehead atoms. The van der Waals surface area contributed by atoms with Gasteiger partial charge in [-0.25, -0.2) is 8.42 Å². The summed E-state index contributed by atoms with van der Waals surface area (Å²) in [4.78, 5) is 9.49.